The number of carbonyl (C=O) groups excluding carboxylic acids is 2. The third-order valence-corrected chi connectivity index (χ3v) is 4.93. The molecule has 32 heavy (non-hydrogen) atoms. The second-order valence-electron chi connectivity index (χ2n) is 6.45. The van der Waals surface area contributed by atoms with Crippen LogP contribution in [0.15, 0.2) is 54.6 Å². The first-order chi connectivity index (χ1) is 15.3. The van der Waals surface area contributed by atoms with Gasteiger partial charge in [0.15, 0.2) is 16.6 Å². The Kier molecular flexibility index (Phi) is 6.92. The minimum absolute atomic E-state index is 0.0350. The van der Waals surface area contributed by atoms with Gasteiger partial charge in [-0.25, -0.2) is 4.79 Å². The van der Waals surface area contributed by atoms with Gasteiger partial charge >= 0.3 is 5.97 Å². The van der Waals surface area contributed by atoms with Gasteiger partial charge in [-0.05, 0) is 54.2 Å². The van der Waals surface area contributed by atoms with Gasteiger partial charge in [0.25, 0.3) is 11.8 Å². The van der Waals surface area contributed by atoms with E-state index in [4.69, 9.17) is 33.3 Å². The number of amides is 2. The molecule has 2 aromatic carbocycles. The summed E-state index contributed by atoms with van der Waals surface area (Å²) >= 11 is 11.4. The Labute approximate surface area is 193 Å². The number of anilines is 1. The molecule has 10 heteroatoms. The summed E-state index contributed by atoms with van der Waals surface area (Å²) in [5.74, 6) is -1.99. The minimum Gasteiger partial charge on any atom is -0.493 e. The predicted octanol–water partition coefficient (Wildman–Crippen LogP) is 3.44. The van der Waals surface area contributed by atoms with Crippen LogP contribution in [0.2, 0.25) is 5.02 Å². The van der Waals surface area contributed by atoms with Crippen molar-refractivity contribution in [3.63, 3.8) is 0 Å². The molecule has 164 valence electrons. The second kappa shape index (κ2) is 9.63. The molecule has 0 spiro atoms. The molecule has 1 aliphatic rings. The molecule has 2 N–H and O–H groups in total. The molecule has 0 aliphatic carbocycles. The number of aromatic carboxylic acids is 1. The molecule has 0 bridgehead atoms. The Balaban J connectivity index is 2.03. The highest BCUT2D eigenvalue weighted by molar-refractivity contribution is 7.80. The second-order valence-corrected chi connectivity index (χ2v) is 7.24. The molecule has 1 saturated heterocycles. The lowest BCUT2D eigenvalue weighted by Crippen LogP contribution is -2.54. The Morgan fingerprint density at radius 2 is 2.06 bits per heavy atom. The number of carbonyl (C=O) groups is 3. The van der Waals surface area contributed by atoms with Crippen LogP contribution in [0.1, 0.15) is 15.9 Å². The van der Waals surface area contributed by atoms with Crippen LogP contribution >= 0.6 is 23.8 Å². The summed E-state index contributed by atoms with van der Waals surface area (Å²) in [4.78, 5) is 38.0. The zero-order chi connectivity index (χ0) is 23.4. The van der Waals surface area contributed by atoms with Crippen molar-refractivity contribution in [2.45, 2.75) is 0 Å². The van der Waals surface area contributed by atoms with Gasteiger partial charge in [-0.3, -0.25) is 19.8 Å². The van der Waals surface area contributed by atoms with Crippen molar-refractivity contribution < 1.29 is 29.0 Å². The number of rotatable bonds is 7. The zero-order valence-electron chi connectivity index (χ0n) is 16.8. The van der Waals surface area contributed by atoms with Crippen LogP contribution in [0.4, 0.5) is 5.69 Å². The van der Waals surface area contributed by atoms with Crippen LogP contribution in [0.5, 0.6) is 11.5 Å². The highest BCUT2D eigenvalue weighted by Gasteiger charge is 2.34. The quantitative estimate of drug-likeness (QED) is 0.275. The summed E-state index contributed by atoms with van der Waals surface area (Å²) in [7, 11) is 1.43. The van der Waals surface area contributed by atoms with Gasteiger partial charge in [-0.1, -0.05) is 30.3 Å². The summed E-state index contributed by atoms with van der Waals surface area (Å²) in [6, 6.07) is 8.72. The van der Waals surface area contributed by atoms with Crippen molar-refractivity contribution in [1.29, 1.82) is 0 Å². The zero-order valence-corrected chi connectivity index (χ0v) is 18.3. The van der Waals surface area contributed by atoms with E-state index in [1.165, 1.54) is 43.5 Å². The highest BCUT2D eigenvalue weighted by Crippen LogP contribution is 2.37. The fourth-order valence-electron chi connectivity index (χ4n) is 2.94. The monoisotopic (exact) mass is 472 g/mol. The van der Waals surface area contributed by atoms with Gasteiger partial charge < -0.3 is 14.6 Å². The fraction of sp³-hybridized carbons (Fsp3) is 0.0909. The van der Waals surface area contributed by atoms with Gasteiger partial charge in [-0.2, -0.15) is 0 Å². The van der Waals surface area contributed by atoms with E-state index in [2.05, 4.69) is 11.9 Å². The topological polar surface area (TPSA) is 105 Å². The van der Waals surface area contributed by atoms with Crippen molar-refractivity contribution in [1.82, 2.24) is 5.32 Å². The van der Waals surface area contributed by atoms with Gasteiger partial charge in [-0.15, -0.1) is 0 Å². The van der Waals surface area contributed by atoms with E-state index < -0.39 is 17.8 Å². The van der Waals surface area contributed by atoms with Crippen LogP contribution in [-0.2, 0) is 9.59 Å². The molecule has 0 saturated carbocycles. The number of ether oxygens (including phenoxy) is 2. The third-order valence-electron chi connectivity index (χ3n) is 4.36. The summed E-state index contributed by atoms with van der Waals surface area (Å²) in [6.45, 7) is 3.79. The molecule has 1 heterocycles. The van der Waals surface area contributed by atoms with Crippen LogP contribution in [0.3, 0.4) is 0 Å². The third kappa shape index (κ3) is 4.63. The average molecular weight is 473 g/mol. The van der Waals surface area contributed by atoms with Crippen molar-refractivity contribution >= 4 is 58.5 Å². The molecule has 0 radical (unpaired) electrons. The van der Waals surface area contributed by atoms with Gasteiger partial charge in [0.05, 0.1) is 23.4 Å². The van der Waals surface area contributed by atoms with Gasteiger partial charge in [0, 0.05) is 0 Å². The number of halogens is 1. The Morgan fingerprint density at radius 1 is 1.31 bits per heavy atom. The molecule has 2 aromatic rings. The predicted molar refractivity (Wildman–Crippen MR) is 123 cm³/mol. The SMILES string of the molecule is C=CCOc1c(Cl)cc(C=C2C(=O)NC(=S)N(c3cccc(C(=O)O)c3)C2=O)cc1OC. The van der Waals surface area contributed by atoms with Crippen LogP contribution in [-0.4, -0.2) is 41.7 Å². The van der Waals surface area contributed by atoms with E-state index in [0.717, 1.165) is 4.90 Å². The van der Waals surface area contributed by atoms with Crippen LogP contribution < -0.4 is 19.7 Å². The summed E-state index contributed by atoms with van der Waals surface area (Å²) in [5, 5.41) is 11.7. The van der Waals surface area contributed by atoms with Crippen molar-refractivity contribution in [2.24, 2.45) is 0 Å². The molecule has 1 aliphatic heterocycles. The van der Waals surface area contributed by atoms with E-state index in [0.29, 0.717) is 17.1 Å². The standard InChI is InChI=1S/C22H17ClN2O6S/c1-3-7-31-18-16(23)9-12(10-17(18)30-2)8-15-19(26)24-22(32)25(20(15)27)14-6-4-5-13(11-14)21(28)29/h3-6,8-11H,1,7H2,2H3,(H,28,29)(H,24,26,32). The smallest absolute Gasteiger partial charge is 0.335 e. The van der Waals surface area contributed by atoms with E-state index in [1.807, 2.05) is 0 Å². The molecular weight excluding hydrogens is 456 g/mol. The summed E-state index contributed by atoms with van der Waals surface area (Å²) in [5.41, 5.74) is 0.349. The maximum absolute atomic E-state index is 13.1. The van der Waals surface area contributed by atoms with Crippen molar-refractivity contribution in [3.8, 4) is 11.5 Å². The molecule has 8 nitrogen and oxygen atoms in total. The van der Waals surface area contributed by atoms with E-state index >= 15 is 0 Å². The number of nitrogens with zero attached hydrogens (tertiary/aromatic N) is 1. The molecule has 2 amide bonds. The molecular formula is C22H17ClN2O6S. The molecule has 0 atom stereocenters. The normalized spacial score (nSPS) is 14.9. The lowest BCUT2D eigenvalue weighted by atomic mass is 10.1. The minimum atomic E-state index is -1.16. The van der Waals surface area contributed by atoms with Crippen LogP contribution in [0.25, 0.3) is 6.08 Å². The number of hydrogen-bond donors (Lipinski definition) is 2. The number of benzene rings is 2. The molecule has 3 rings (SSSR count). The molecule has 0 unspecified atom stereocenters. The van der Waals surface area contributed by atoms with Crippen molar-refractivity contribution in [3.05, 3.63) is 70.8 Å². The number of carboxylic acids is 1. The first-order valence-electron chi connectivity index (χ1n) is 9.12. The largest absolute Gasteiger partial charge is 0.493 e. The van der Waals surface area contributed by atoms with Crippen LogP contribution in [0, 0.1) is 0 Å². The average Bonchev–Trinajstić information content (AvgIpc) is 2.75. The molecule has 0 aromatic heterocycles. The number of carboxylic acid groups (broad SMARTS) is 1. The van der Waals surface area contributed by atoms with E-state index in [1.54, 1.807) is 12.1 Å². The number of thiocarbonyl (C=S) groups is 1. The Bertz CT molecular complexity index is 1180. The van der Waals surface area contributed by atoms with E-state index in [-0.39, 0.29) is 33.6 Å². The van der Waals surface area contributed by atoms with E-state index in [9.17, 15) is 19.5 Å². The number of methoxy groups -OCH3 is 1. The Morgan fingerprint density at radius 3 is 2.72 bits per heavy atom. The Hall–Kier alpha value is -3.69. The highest BCUT2D eigenvalue weighted by atomic mass is 35.5. The first-order valence-corrected chi connectivity index (χ1v) is 9.91. The fourth-order valence-corrected chi connectivity index (χ4v) is 3.50. The lowest BCUT2D eigenvalue weighted by molar-refractivity contribution is -0.122. The summed E-state index contributed by atoms with van der Waals surface area (Å²) in [6.07, 6.45) is 2.88. The number of hydrogen-bond acceptors (Lipinski definition) is 6. The maximum atomic E-state index is 13.1. The van der Waals surface area contributed by atoms with Gasteiger partial charge in [0.1, 0.15) is 12.2 Å². The maximum Gasteiger partial charge on any atom is 0.335 e. The van der Waals surface area contributed by atoms with Crippen molar-refractivity contribution in [2.75, 3.05) is 18.6 Å². The molecule has 1 fully saturated rings. The lowest BCUT2D eigenvalue weighted by Gasteiger charge is -2.29. The summed E-state index contributed by atoms with van der Waals surface area (Å²) < 4.78 is 10.8. The number of nitrogens with one attached hydrogen (secondary N) is 1. The van der Waals surface area contributed by atoms with Gasteiger partial charge in [0.2, 0.25) is 0 Å². The first kappa shape index (κ1) is 23.0.